The lowest BCUT2D eigenvalue weighted by atomic mass is 10.1. The van der Waals surface area contributed by atoms with Crippen LogP contribution in [0.3, 0.4) is 0 Å². The average Bonchev–Trinajstić information content (AvgIpc) is 2.68. The van der Waals surface area contributed by atoms with Crippen LogP contribution in [0.15, 0.2) is 0 Å². The molecule has 0 bridgehead atoms. The summed E-state index contributed by atoms with van der Waals surface area (Å²) in [7, 11) is 2.30. The molecule has 1 aliphatic heterocycles. The zero-order valence-electron chi connectivity index (χ0n) is 6.69. The molecule has 2 heteroatoms. The van der Waals surface area contributed by atoms with Gasteiger partial charge in [0.05, 0.1) is 26.2 Å². The molecule has 2 nitrogen and oxygen atoms in total. The van der Waals surface area contributed by atoms with E-state index < -0.39 is 0 Å². The normalized spacial score (nSPS) is 41.7. The first-order valence-electron chi connectivity index (χ1n) is 4.41. The molecular formula is C8H17N2+. The van der Waals surface area contributed by atoms with Gasteiger partial charge in [0.25, 0.3) is 0 Å². The van der Waals surface area contributed by atoms with Gasteiger partial charge in [0, 0.05) is 6.54 Å². The van der Waals surface area contributed by atoms with Crippen LogP contribution >= 0.6 is 0 Å². The molecule has 0 aromatic heterocycles. The predicted octanol–water partition coefficient (Wildman–Crippen LogP) is -1.12. The monoisotopic (exact) mass is 141 g/mol. The molecule has 2 fully saturated rings. The average molecular weight is 141 g/mol. The van der Waals surface area contributed by atoms with Crippen molar-refractivity contribution in [1.82, 2.24) is 5.32 Å². The van der Waals surface area contributed by atoms with Crippen LogP contribution in [0.1, 0.15) is 12.8 Å². The van der Waals surface area contributed by atoms with Crippen molar-refractivity contribution >= 4 is 0 Å². The molecule has 2 aliphatic rings. The van der Waals surface area contributed by atoms with Crippen molar-refractivity contribution in [3.8, 4) is 0 Å². The fourth-order valence-corrected chi connectivity index (χ4v) is 1.85. The molecule has 1 aliphatic carbocycles. The summed E-state index contributed by atoms with van der Waals surface area (Å²) in [5.74, 6) is 1.04. The number of rotatable bonds is 1. The SMILES string of the molecule is C[NH+]1CCN[C@H](C2CC2)C1. The Balaban J connectivity index is 1.84. The Kier molecular flexibility index (Phi) is 1.66. The molecule has 2 N–H and O–H groups in total. The van der Waals surface area contributed by atoms with Gasteiger partial charge in [0.2, 0.25) is 0 Å². The number of likely N-dealkylation sites (N-methyl/N-ethyl adjacent to an activating group) is 1. The maximum absolute atomic E-state index is 3.59. The molecule has 2 atom stereocenters. The van der Waals surface area contributed by atoms with E-state index in [0.29, 0.717) is 0 Å². The summed E-state index contributed by atoms with van der Waals surface area (Å²) < 4.78 is 0. The standard InChI is InChI=1S/C8H16N2/c1-10-5-4-9-8(6-10)7-2-3-7/h7-9H,2-6H2,1H3/p+1/t8-/m0/s1. The van der Waals surface area contributed by atoms with Gasteiger partial charge >= 0.3 is 0 Å². The topological polar surface area (TPSA) is 16.5 Å². The van der Waals surface area contributed by atoms with Crippen LogP contribution in [0.5, 0.6) is 0 Å². The molecular weight excluding hydrogens is 124 g/mol. The van der Waals surface area contributed by atoms with Crippen LogP contribution in [0, 0.1) is 5.92 Å². The van der Waals surface area contributed by atoms with Crippen LogP contribution in [0.25, 0.3) is 0 Å². The minimum atomic E-state index is 0.855. The van der Waals surface area contributed by atoms with E-state index in [9.17, 15) is 0 Å². The van der Waals surface area contributed by atoms with Crippen molar-refractivity contribution in [3.05, 3.63) is 0 Å². The fourth-order valence-electron chi connectivity index (χ4n) is 1.85. The summed E-state index contributed by atoms with van der Waals surface area (Å²) in [4.78, 5) is 1.70. The van der Waals surface area contributed by atoms with E-state index in [2.05, 4.69) is 12.4 Å². The van der Waals surface area contributed by atoms with Crippen LogP contribution in [0.4, 0.5) is 0 Å². The molecule has 1 unspecified atom stereocenters. The van der Waals surface area contributed by atoms with Crippen LogP contribution in [-0.2, 0) is 0 Å². The van der Waals surface area contributed by atoms with E-state index in [1.807, 2.05) is 0 Å². The summed E-state index contributed by atoms with van der Waals surface area (Å²) in [5.41, 5.74) is 0. The minimum Gasteiger partial charge on any atom is -0.335 e. The third kappa shape index (κ3) is 1.32. The van der Waals surface area contributed by atoms with Gasteiger partial charge in [-0.1, -0.05) is 0 Å². The number of quaternary nitrogens is 1. The van der Waals surface area contributed by atoms with Crippen molar-refractivity contribution in [1.29, 1.82) is 0 Å². The van der Waals surface area contributed by atoms with Crippen molar-refractivity contribution in [3.63, 3.8) is 0 Å². The highest BCUT2D eigenvalue weighted by molar-refractivity contribution is 4.86. The molecule has 58 valence electrons. The number of piperazine rings is 1. The second-order valence-electron chi connectivity index (χ2n) is 3.81. The quantitative estimate of drug-likeness (QED) is 0.473. The Morgan fingerprint density at radius 2 is 2.20 bits per heavy atom. The van der Waals surface area contributed by atoms with Gasteiger partial charge in [-0.15, -0.1) is 0 Å². The highest BCUT2D eigenvalue weighted by Gasteiger charge is 2.34. The smallest absolute Gasteiger partial charge is 0.0928 e. The molecule has 0 aromatic rings. The number of hydrogen-bond acceptors (Lipinski definition) is 1. The molecule has 0 aromatic carbocycles. The van der Waals surface area contributed by atoms with Gasteiger partial charge in [-0.3, -0.25) is 0 Å². The third-order valence-corrected chi connectivity index (χ3v) is 2.72. The molecule has 0 spiro atoms. The molecule has 10 heavy (non-hydrogen) atoms. The maximum Gasteiger partial charge on any atom is 0.0928 e. The van der Waals surface area contributed by atoms with Gasteiger partial charge in [-0.2, -0.15) is 0 Å². The van der Waals surface area contributed by atoms with Crippen molar-refractivity contribution in [2.45, 2.75) is 18.9 Å². The molecule has 1 saturated heterocycles. The Morgan fingerprint density at radius 3 is 2.80 bits per heavy atom. The van der Waals surface area contributed by atoms with E-state index in [4.69, 9.17) is 0 Å². The summed E-state index contributed by atoms with van der Waals surface area (Å²) in [6.45, 7) is 3.89. The van der Waals surface area contributed by atoms with E-state index in [-0.39, 0.29) is 0 Å². The first-order valence-corrected chi connectivity index (χ1v) is 4.41. The zero-order valence-corrected chi connectivity index (χ0v) is 6.69. The second-order valence-corrected chi connectivity index (χ2v) is 3.81. The lowest BCUT2D eigenvalue weighted by Gasteiger charge is -2.28. The van der Waals surface area contributed by atoms with Gasteiger partial charge in [-0.05, 0) is 18.8 Å². The zero-order chi connectivity index (χ0) is 6.97. The number of hydrogen-bond donors (Lipinski definition) is 2. The molecule has 0 radical (unpaired) electrons. The van der Waals surface area contributed by atoms with E-state index in [1.165, 1.54) is 32.5 Å². The second kappa shape index (κ2) is 2.51. The van der Waals surface area contributed by atoms with Crippen molar-refractivity contribution in [2.75, 3.05) is 26.7 Å². The van der Waals surface area contributed by atoms with Crippen LogP contribution in [-0.4, -0.2) is 32.7 Å². The lowest BCUT2D eigenvalue weighted by molar-refractivity contribution is -0.884. The first kappa shape index (κ1) is 6.62. The Morgan fingerprint density at radius 1 is 1.40 bits per heavy atom. The molecule has 2 rings (SSSR count). The summed E-state index contributed by atoms with van der Waals surface area (Å²) in [5, 5.41) is 3.59. The summed E-state index contributed by atoms with van der Waals surface area (Å²) >= 11 is 0. The van der Waals surface area contributed by atoms with Crippen molar-refractivity contribution < 1.29 is 4.90 Å². The van der Waals surface area contributed by atoms with Gasteiger partial charge in [-0.25, -0.2) is 0 Å². The Labute approximate surface area is 62.6 Å². The molecule has 1 saturated carbocycles. The number of nitrogens with one attached hydrogen (secondary N) is 2. The van der Waals surface area contributed by atoms with E-state index in [0.717, 1.165) is 12.0 Å². The Hall–Kier alpha value is -0.0800. The van der Waals surface area contributed by atoms with E-state index >= 15 is 0 Å². The van der Waals surface area contributed by atoms with Crippen LogP contribution in [0.2, 0.25) is 0 Å². The first-order chi connectivity index (χ1) is 4.86. The van der Waals surface area contributed by atoms with E-state index in [1.54, 1.807) is 4.90 Å². The predicted molar refractivity (Wildman–Crippen MR) is 41.1 cm³/mol. The summed E-state index contributed by atoms with van der Waals surface area (Å²) in [6, 6.07) is 0.855. The molecule has 1 heterocycles. The van der Waals surface area contributed by atoms with Gasteiger partial charge < -0.3 is 10.2 Å². The van der Waals surface area contributed by atoms with Crippen molar-refractivity contribution in [2.24, 2.45) is 5.92 Å². The minimum absolute atomic E-state index is 0.855. The third-order valence-electron chi connectivity index (χ3n) is 2.72. The molecule has 0 amide bonds. The Bertz CT molecular complexity index is 120. The maximum atomic E-state index is 3.59. The van der Waals surface area contributed by atoms with Gasteiger partial charge in [0.1, 0.15) is 0 Å². The fraction of sp³-hybridized carbons (Fsp3) is 1.00. The summed E-state index contributed by atoms with van der Waals surface area (Å²) in [6.07, 6.45) is 2.95. The highest BCUT2D eigenvalue weighted by Crippen LogP contribution is 2.32. The largest absolute Gasteiger partial charge is 0.335 e. The van der Waals surface area contributed by atoms with Crippen LogP contribution < -0.4 is 10.2 Å². The lowest BCUT2D eigenvalue weighted by Crippen LogP contribution is -3.13. The highest BCUT2D eigenvalue weighted by atomic mass is 15.2. The van der Waals surface area contributed by atoms with Gasteiger partial charge in [0.15, 0.2) is 0 Å².